The van der Waals surface area contributed by atoms with Gasteiger partial charge in [-0.1, -0.05) is 55.8 Å². The van der Waals surface area contributed by atoms with Crippen molar-refractivity contribution in [1.29, 1.82) is 0 Å². The number of rotatable bonds is 13. The quantitative estimate of drug-likeness (QED) is 0.323. The summed E-state index contributed by atoms with van der Waals surface area (Å²) in [6, 6.07) is 17.6. The molecule has 3 rings (SSSR count). The van der Waals surface area contributed by atoms with E-state index in [4.69, 9.17) is 4.74 Å². The first-order valence-corrected chi connectivity index (χ1v) is 14.6. The number of para-hydroxylation sites is 2. The molecule has 40 heavy (non-hydrogen) atoms. The van der Waals surface area contributed by atoms with Gasteiger partial charge in [0.25, 0.3) is 10.0 Å². The zero-order valence-electron chi connectivity index (χ0n) is 23.3. The van der Waals surface area contributed by atoms with Crippen molar-refractivity contribution in [3.05, 3.63) is 89.7 Å². The summed E-state index contributed by atoms with van der Waals surface area (Å²) in [5.41, 5.74) is 1.67. The van der Waals surface area contributed by atoms with Crippen molar-refractivity contribution in [2.24, 2.45) is 0 Å². The monoisotopic (exact) mass is 569 g/mol. The van der Waals surface area contributed by atoms with Gasteiger partial charge in [0.1, 0.15) is 24.2 Å². The minimum absolute atomic E-state index is 0.00891. The maximum atomic E-state index is 14.0. The van der Waals surface area contributed by atoms with Crippen molar-refractivity contribution in [2.75, 3.05) is 24.5 Å². The van der Waals surface area contributed by atoms with Crippen LogP contribution in [0.1, 0.15) is 37.8 Å². The van der Waals surface area contributed by atoms with Crippen LogP contribution in [0.4, 0.5) is 10.1 Å². The van der Waals surface area contributed by atoms with Crippen molar-refractivity contribution in [3.8, 4) is 5.75 Å². The van der Waals surface area contributed by atoms with Gasteiger partial charge in [-0.25, -0.2) is 12.8 Å². The molecule has 2 amide bonds. The van der Waals surface area contributed by atoms with Crippen LogP contribution in [0, 0.1) is 12.7 Å². The third kappa shape index (κ3) is 7.38. The molecule has 3 aromatic carbocycles. The van der Waals surface area contributed by atoms with Gasteiger partial charge in [0.05, 0.1) is 17.7 Å². The number of nitrogens with zero attached hydrogens (tertiary/aromatic N) is 2. The molecule has 8 nitrogen and oxygen atoms in total. The minimum Gasteiger partial charge on any atom is -0.495 e. The third-order valence-electron chi connectivity index (χ3n) is 6.44. The number of hydrogen-bond donors (Lipinski definition) is 1. The highest BCUT2D eigenvalue weighted by atomic mass is 32.2. The number of hydrogen-bond acceptors (Lipinski definition) is 5. The van der Waals surface area contributed by atoms with E-state index >= 15 is 0 Å². The highest BCUT2D eigenvalue weighted by Gasteiger charge is 2.34. The molecule has 1 atom stereocenters. The fourth-order valence-corrected chi connectivity index (χ4v) is 5.68. The Labute approximate surface area is 235 Å². The van der Waals surface area contributed by atoms with Crippen molar-refractivity contribution < 1.29 is 27.1 Å². The molecule has 0 radical (unpaired) electrons. The van der Waals surface area contributed by atoms with Crippen LogP contribution in [-0.4, -0.2) is 51.4 Å². The van der Waals surface area contributed by atoms with Crippen LogP contribution in [-0.2, 0) is 26.2 Å². The number of anilines is 1. The number of methoxy groups -OCH3 is 1. The van der Waals surface area contributed by atoms with Gasteiger partial charge in [0, 0.05) is 13.1 Å². The Kier molecular flexibility index (Phi) is 10.7. The van der Waals surface area contributed by atoms with Gasteiger partial charge in [0.2, 0.25) is 11.8 Å². The summed E-state index contributed by atoms with van der Waals surface area (Å²) >= 11 is 0. The van der Waals surface area contributed by atoms with E-state index in [9.17, 15) is 22.4 Å². The van der Waals surface area contributed by atoms with Gasteiger partial charge in [0.15, 0.2) is 0 Å². The fourth-order valence-electron chi connectivity index (χ4n) is 4.26. The van der Waals surface area contributed by atoms with E-state index in [-0.39, 0.29) is 28.8 Å². The molecule has 0 bridgehead atoms. The number of ether oxygens (including phenoxy) is 1. The molecule has 0 saturated heterocycles. The number of sulfonamides is 1. The Balaban J connectivity index is 2.08. The average molecular weight is 570 g/mol. The zero-order valence-corrected chi connectivity index (χ0v) is 24.1. The van der Waals surface area contributed by atoms with E-state index < -0.39 is 34.3 Å². The lowest BCUT2D eigenvalue weighted by molar-refractivity contribution is -0.140. The van der Waals surface area contributed by atoms with E-state index in [1.165, 1.54) is 48.4 Å². The summed E-state index contributed by atoms with van der Waals surface area (Å²) in [4.78, 5) is 28.5. The van der Waals surface area contributed by atoms with Crippen LogP contribution in [0.25, 0.3) is 0 Å². The molecule has 0 aliphatic heterocycles. The molecule has 1 N–H and O–H groups in total. The van der Waals surface area contributed by atoms with Gasteiger partial charge in [-0.15, -0.1) is 0 Å². The Hall–Kier alpha value is -3.92. The second kappa shape index (κ2) is 13.9. The van der Waals surface area contributed by atoms with Crippen LogP contribution < -0.4 is 14.4 Å². The second-order valence-electron chi connectivity index (χ2n) is 9.36. The van der Waals surface area contributed by atoms with E-state index in [2.05, 4.69) is 5.32 Å². The second-order valence-corrected chi connectivity index (χ2v) is 11.2. The van der Waals surface area contributed by atoms with Gasteiger partial charge in [-0.05, 0) is 61.7 Å². The highest BCUT2D eigenvalue weighted by Crippen LogP contribution is 2.32. The SMILES string of the molecule is CCCNC(=O)[C@@H](CC)N(Cc1ccc(F)cc1)C(=O)CN(c1ccccc1OC)S(=O)(=O)c1ccc(C)cc1. The molecule has 10 heteroatoms. The molecule has 0 heterocycles. The van der Waals surface area contributed by atoms with Crippen molar-refractivity contribution in [2.45, 2.75) is 51.1 Å². The van der Waals surface area contributed by atoms with E-state index in [0.717, 1.165) is 9.87 Å². The molecule has 0 unspecified atom stereocenters. The zero-order chi connectivity index (χ0) is 29.3. The summed E-state index contributed by atoms with van der Waals surface area (Å²) < 4.78 is 48.0. The normalized spacial score (nSPS) is 11.9. The predicted molar refractivity (Wildman–Crippen MR) is 153 cm³/mol. The van der Waals surface area contributed by atoms with E-state index in [1.807, 2.05) is 13.8 Å². The molecule has 0 fully saturated rings. The minimum atomic E-state index is -4.22. The molecular formula is C30H36FN3O5S. The summed E-state index contributed by atoms with van der Waals surface area (Å²) in [5.74, 6) is -1.10. The largest absolute Gasteiger partial charge is 0.495 e. The Morgan fingerprint density at radius 1 is 0.975 bits per heavy atom. The first-order chi connectivity index (χ1) is 19.1. The van der Waals surface area contributed by atoms with Crippen LogP contribution in [0.5, 0.6) is 5.75 Å². The van der Waals surface area contributed by atoms with Gasteiger partial charge >= 0.3 is 0 Å². The van der Waals surface area contributed by atoms with Crippen molar-refractivity contribution >= 4 is 27.5 Å². The smallest absolute Gasteiger partial charge is 0.264 e. The fraction of sp³-hybridized carbons (Fsp3) is 0.333. The number of amides is 2. The Morgan fingerprint density at radius 3 is 2.23 bits per heavy atom. The lowest BCUT2D eigenvalue weighted by Gasteiger charge is -2.33. The number of aryl methyl sites for hydroxylation is 1. The van der Waals surface area contributed by atoms with Crippen LogP contribution in [0.3, 0.4) is 0 Å². The molecule has 0 aromatic heterocycles. The van der Waals surface area contributed by atoms with Crippen LogP contribution in [0.2, 0.25) is 0 Å². The molecule has 0 aliphatic rings. The summed E-state index contributed by atoms with van der Waals surface area (Å²) in [7, 11) is -2.80. The molecular weight excluding hydrogens is 533 g/mol. The maximum Gasteiger partial charge on any atom is 0.264 e. The van der Waals surface area contributed by atoms with Gasteiger partial charge in [-0.2, -0.15) is 0 Å². The number of nitrogens with one attached hydrogen (secondary N) is 1. The highest BCUT2D eigenvalue weighted by molar-refractivity contribution is 7.92. The number of carbonyl (C=O) groups is 2. The predicted octanol–water partition coefficient (Wildman–Crippen LogP) is 4.67. The van der Waals surface area contributed by atoms with Crippen molar-refractivity contribution in [3.63, 3.8) is 0 Å². The summed E-state index contributed by atoms with van der Waals surface area (Å²) in [6.45, 7) is 5.38. The third-order valence-corrected chi connectivity index (χ3v) is 8.22. The summed E-state index contributed by atoms with van der Waals surface area (Å²) in [5, 5.41) is 2.83. The lowest BCUT2D eigenvalue weighted by atomic mass is 10.1. The van der Waals surface area contributed by atoms with Crippen LogP contribution >= 0.6 is 0 Å². The molecule has 0 saturated carbocycles. The summed E-state index contributed by atoms with van der Waals surface area (Å²) in [6.07, 6.45) is 1.01. The van der Waals surface area contributed by atoms with E-state index in [0.29, 0.717) is 24.9 Å². The van der Waals surface area contributed by atoms with Crippen LogP contribution in [0.15, 0.2) is 77.7 Å². The Bertz CT molecular complexity index is 1400. The molecule has 214 valence electrons. The van der Waals surface area contributed by atoms with E-state index in [1.54, 1.807) is 43.3 Å². The number of carbonyl (C=O) groups excluding carboxylic acids is 2. The average Bonchev–Trinajstić information content (AvgIpc) is 2.95. The molecule has 3 aromatic rings. The standard InChI is InChI=1S/C30H36FN3O5S/c1-5-19-32-30(36)26(6-2)33(20-23-13-15-24(31)16-14-23)29(35)21-34(27-9-7-8-10-28(27)39-4)40(37,38)25-17-11-22(3)12-18-25/h7-18,26H,5-6,19-21H2,1-4H3,(H,32,36)/t26-/m1/s1. The van der Waals surface area contributed by atoms with Gasteiger partial charge in [-0.3, -0.25) is 13.9 Å². The first-order valence-electron chi connectivity index (χ1n) is 13.2. The topological polar surface area (TPSA) is 96.0 Å². The molecule has 0 spiro atoms. The number of halogens is 1. The number of benzene rings is 3. The maximum absolute atomic E-state index is 14.0. The molecule has 0 aliphatic carbocycles. The van der Waals surface area contributed by atoms with Crippen molar-refractivity contribution in [1.82, 2.24) is 10.2 Å². The first kappa shape index (κ1) is 30.6. The van der Waals surface area contributed by atoms with Gasteiger partial charge < -0.3 is 15.0 Å². The lowest BCUT2D eigenvalue weighted by Crippen LogP contribution is -2.52. The Morgan fingerprint density at radius 2 is 1.62 bits per heavy atom.